The predicted molar refractivity (Wildman–Crippen MR) is 69.2 cm³/mol. The number of nitrogens with one attached hydrogen (secondary N) is 1. The molecular formula is C13H12ClFN2O2. The van der Waals surface area contributed by atoms with Gasteiger partial charge in [-0.1, -0.05) is 0 Å². The minimum atomic E-state index is -0.448. The van der Waals surface area contributed by atoms with E-state index in [-0.39, 0.29) is 5.82 Å². The zero-order valence-corrected chi connectivity index (χ0v) is 10.7. The topological polar surface area (TPSA) is 55.0 Å². The van der Waals surface area contributed by atoms with Crippen molar-refractivity contribution in [2.45, 2.75) is 12.5 Å². The van der Waals surface area contributed by atoms with Crippen molar-refractivity contribution in [2.75, 3.05) is 5.88 Å². The molecular weight excluding hydrogens is 271 g/mol. The molecule has 0 bridgehead atoms. The third kappa shape index (κ3) is 3.32. The van der Waals surface area contributed by atoms with Crippen molar-refractivity contribution in [3.05, 3.63) is 41.8 Å². The van der Waals surface area contributed by atoms with Gasteiger partial charge in [0.05, 0.1) is 11.4 Å². The molecule has 1 aromatic heterocycles. The summed E-state index contributed by atoms with van der Waals surface area (Å²) < 4.78 is 17.8. The number of aromatic amines is 1. The lowest BCUT2D eigenvalue weighted by atomic mass is 10.1. The van der Waals surface area contributed by atoms with Crippen molar-refractivity contribution in [3.8, 4) is 11.3 Å². The Kier molecular flexibility index (Phi) is 4.52. The van der Waals surface area contributed by atoms with Crippen molar-refractivity contribution in [3.63, 3.8) is 0 Å². The van der Waals surface area contributed by atoms with Crippen molar-refractivity contribution in [1.82, 2.24) is 10.2 Å². The summed E-state index contributed by atoms with van der Waals surface area (Å²) in [5.41, 5.74) is 2.09. The van der Waals surface area contributed by atoms with Crippen LogP contribution in [-0.2, 0) is 9.53 Å². The van der Waals surface area contributed by atoms with Gasteiger partial charge in [0, 0.05) is 17.9 Å². The first kappa shape index (κ1) is 13.5. The van der Waals surface area contributed by atoms with E-state index in [1.54, 1.807) is 18.2 Å². The molecule has 6 heteroatoms. The highest BCUT2D eigenvalue weighted by atomic mass is 35.5. The average Bonchev–Trinajstić information content (AvgIpc) is 2.89. The van der Waals surface area contributed by atoms with Crippen LogP contribution in [0.1, 0.15) is 18.2 Å². The van der Waals surface area contributed by atoms with Gasteiger partial charge in [-0.2, -0.15) is 5.10 Å². The monoisotopic (exact) mass is 282 g/mol. The van der Waals surface area contributed by atoms with E-state index in [2.05, 4.69) is 10.2 Å². The summed E-state index contributed by atoms with van der Waals surface area (Å²) in [7, 11) is 0. The van der Waals surface area contributed by atoms with Crippen LogP contribution >= 0.6 is 11.6 Å². The lowest BCUT2D eigenvalue weighted by Crippen LogP contribution is -2.04. The summed E-state index contributed by atoms with van der Waals surface area (Å²) in [6.07, 6.45) is 0.0439. The number of benzene rings is 1. The van der Waals surface area contributed by atoms with Gasteiger partial charge in [0.15, 0.2) is 0 Å². The highest BCUT2D eigenvalue weighted by Crippen LogP contribution is 2.24. The summed E-state index contributed by atoms with van der Waals surface area (Å²) in [6.45, 7) is 0.385. The van der Waals surface area contributed by atoms with Crippen molar-refractivity contribution in [2.24, 2.45) is 0 Å². The van der Waals surface area contributed by atoms with Gasteiger partial charge < -0.3 is 4.74 Å². The lowest BCUT2D eigenvalue weighted by Gasteiger charge is -2.10. The Hall–Kier alpha value is -1.88. The van der Waals surface area contributed by atoms with Crippen LogP contribution in [0.4, 0.5) is 4.39 Å². The van der Waals surface area contributed by atoms with Gasteiger partial charge >= 0.3 is 0 Å². The van der Waals surface area contributed by atoms with Gasteiger partial charge in [0.25, 0.3) is 6.47 Å². The molecule has 0 aliphatic heterocycles. The molecule has 0 amide bonds. The summed E-state index contributed by atoms with van der Waals surface area (Å²) in [5.74, 6) is 0.0625. The van der Waals surface area contributed by atoms with Gasteiger partial charge in [-0.15, -0.1) is 11.6 Å². The summed E-state index contributed by atoms with van der Waals surface area (Å²) in [4.78, 5) is 10.4. The van der Waals surface area contributed by atoms with E-state index < -0.39 is 6.10 Å². The van der Waals surface area contributed by atoms with Gasteiger partial charge in [0.2, 0.25) is 0 Å². The Balaban J connectivity index is 2.21. The minimum absolute atomic E-state index is 0.302. The highest BCUT2D eigenvalue weighted by Gasteiger charge is 2.15. The number of halogens is 2. The molecule has 4 nitrogen and oxygen atoms in total. The van der Waals surface area contributed by atoms with E-state index in [9.17, 15) is 9.18 Å². The Morgan fingerprint density at radius 2 is 2.16 bits per heavy atom. The number of carbonyl (C=O) groups excluding carboxylic acids is 1. The Morgan fingerprint density at radius 1 is 1.42 bits per heavy atom. The summed E-state index contributed by atoms with van der Waals surface area (Å²) in [6, 6.07) is 7.75. The smallest absolute Gasteiger partial charge is 0.293 e. The fraction of sp³-hybridized carbons (Fsp3) is 0.231. The van der Waals surface area contributed by atoms with E-state index in [1.807, 2.05) is 0 Å². The maximum atomic E-state index is 12.8. The van der Waals surface area contributed by atoms with Crippen molar-refractivity contribution < 1.29 is 13.9 Å². The second-order valence-electron chi connectivity index (χ2n) is 3.91. The summed E-state index contributed by atoms with van der Waals surface area (Å²) in [5, 5.41) is 6.92. The normalized spacial score (nSPS) is 12.1. The first-order chi connectivity index (χ1) is 9.24. The van der Waals surface area contributed by atoms with E-state index in [0.717, 1.165) is 5.56 Å². The standard InChI is InChI=1S/C13H12ClFN2O2/c14-6-5-13(19-8-18)12-7-11(16-17-12)9-1-3-10(15)4-2-9/h1-4,7-8,13H,5-6H2,(H,16,17). The van der Waals surface area contributed by atoms with Crippen LogP contribution in [0.3, 0.4) is 0 Å². The Labute approximate surface area is 114 Å². The van der Waals surface area contributed by atoms with Crippen LogP contribution < -0.4 is 0 Å². The SMILES string of the molecule is O=COC(CCCl)c1cc(-c2ccc(F)cc2)n[nH]1. The van der Waals surface area contributed by atoms with Crippen LogP contribution in [0.15, 0.2) is 30.3 Å². The molecule has 2 aromatic rings. The van der Waals surface area contributed by atoms with Crippen LogP contribution in [-0.4, -0.2) is 22.5 Å². The number of rotatable bonds is 6. The van der Waals surface area contributed by atoms with Gasteiger partial charge in [0.1, 0.15) is 11.9 Å². The fourth-order valence-corrected chi connectivity index (χ4v) is 1.93. The van der Waals surface area contributed by atoms with E-state index in [4.69, 9.17) is 16.3 Å². The molecule has 100 valence electrons. The Morgan fingerprint density at radius 3 is 2.79 bits per heavy atom. The molecule has 1 unspecified atom stereocenters. The number of aromatic nitrogens is 2. The van der Waals surface area contributed by atoms with Crippen LogP contribution in [0, 0.1) is 5.82 Å². The third-order valence-electron chi connectivity index (χ3n) is 2.68. The largest absolute Gasteiger partial charge is 0.458 e. The third-order valence-corrected chi connectivity index (χ3v) is 2.89. The molecule has 0 fully saturated rings. The second-order valence-corrected chi connectivity index (χ2v) is 4.29. The number of H-pyrrole nitrogens is 1. The van der Waals surface area contributed by atoms with Gasteiger partial charge in [-0.05, 0) is 30.3 Å². The molecule has 0 aliphatic carbocycles. The zero-order chi connectivity index (χ0) is 13.7. The number of nitrogens with zero attached hydrogens (tertiary/aromatic N) is 1. The quantitative estimate of drug-likeness (QED) is 0.654. The second kappa shape index (κ2) is 6.33. The lowest BCUT2D eigenvalue weighted by molar-refractivity contribution is -0.134. The number of alkyl halides is 1. The van der Waals surface area contributed by atoms with E-state index in [1.165, 1.54) is 12.1 Å². The molecule has 19 heavy (non-hydrogen) atoms. The van der Waals surface area contributed by atoms with Crippen molar-refractivity contribution >= 4 is 18.1 Å². The maximum absolute atomic E-state index is 12.8. The number of hydrogen-bond acceptors (Lipinski definition) is 3. The highest BCUT2D eigenvalue weighted by molar-refractivity contribution is 6.17. The molecule has 0 saturated heterocycles. The molecule has 1 atom stereocenters. The minimum Gasteiger partial charge on any atom is -0.458 e. The molecule has 1 heterocycles. The van der Waals surface area contributed by atoms with E-state index in [0.29, 0.717) is 30.2 Å². The van der Waals surface area contributed by atoms with Gasteiger partial charge in [-0.25, -0.2) is 4.39 Å². The van der Waals surface area contributed by atoms with Crippen molar-refractivity contribution in [1.29, 1.82) is 0 Å². The molecule has 0 spiro atoms. The fourth-order valence-electron chi connectivity index (χ4n) is 1.73. The first-order valence-electron chi connectivity index (χ1n) is 5.71. The summed E-state index contributed by atoms with van der Waals surface area (Å²) >= 11 is 5.65. The van der Waals surface area contributed by atoms with Crippen LogP contribution in [0.2, 0.25) is 0 Å². The predicted octanol–water partition coefficient (Wildman–Crippen LogP) is 3.06. The number of hydrogen-bond donors (Lipinski definition) is 1. The molecule has 0 saturated carbocycles. The first-order valence-corrected chi connectivity index (χ1v) is 6.24. The molecule has 0 radical (unpaired) electrons. The molecule has 1 aromatic carbocycles. The Bertz CT molecular complexity index is 542. The molecule has 0 aliphatic rings. The average molecular weight is 283 g/mol. The zero-order valence-electron chi connectivity index (χ0n) is 9.98. The van der Waals surface area contributed by atoms with Crippen LogP contribution in [0.5, 0.6) is 0 Å². The van der Waals surface area contributed by atoms with Crippen LogP contribution in [0.25, 0.3) is 11.3 Å². The maximum Gasteiger partial charge on any atom is 0.293 e. The van der Waals surface area contributed by atoms with Gasteiger partial charge in [-0.3, -0.25) is 9.89 Å². The molecule has 1 N–H and O–H groups in total. The number of carbonyl (C=O) groups is 1. The van der Waals surface area contributed by atoms with E-state index >= 15 is 0 Å². The number of ether oxygens (including phenoxy) is 1. The molecule has 2 rings (SSSR count).